The second kappa shape index (κ2) is 7.06. The summed E-state index contributed by atoms with van der Waals surface area (Å²) in [7, 11) is 0. The van der Waals surface area contributed by atoms with Crippen LogP contribution in [0.3, 0.4) is 0 Å². The second-order valence-electron chi connectivity index (χ2n) is 5.32. The number of aryl methyl sites for hydroxylation is 1. The topological polar surface area (TPSA) is 95.1 Å². The van der Waals surface area contributed by atoms with Gasteiger partial charge < -0.3 is 14.6 Å². The molecule has 0 fully saturated rings. The third-order valence-corrected chi connectivity index (χ3v) is 3.26. The predicted octanol–water partition coefficient (Wildman–Crippen LogP) is 1.45. The lowest BCUT2D eigenvalue weighted by Gasteiger charge is -2.17. The quantitative estimate of drug-likeness (QED) is 0.778. The molecule has 0 radical (unpaired) electrons. The van der Waals surface area contributed by atoms with E-state index >= 15 is 0 Å². The van der Waals surface area contributed by atoms with Crippen LogP contribution < -0.4 is 10.1 Å². The van der Waals surface area contributed by atoms with Crippen molar-refractivity contribution in [1.82, 2.24) is 25.2 Å². The average Bonchev–Trinajstić information content (AvgIpc) is 3.11. The summed E-state index contributed by atoms with van der Waals surface area (Å²) < 4.78 is 11.8. The van der Waals surface area contributed by atoms with E-state index in [1.165, 1.54) is 0 Å². The lowest BCUT2D eigenvalue weighted by molar-refractivity contribution is -0.124. The van der Waals surface area contributed by atoms with Gasteiger partial charge in [0.25, 0.3) is 5.88 Å². The van der Waals surface area contributed by atoms with Crippen LogP contribution in [0.1, 0.15) is 44.2 Å². The summed E-state index contributed by atoms with van der Waals surface area (Å²) in [6.45, 7) is 8.35. The lowest BCUT2D eigenvalue weighted by Crippen LogP contribution is -2.34. The van der Waals surface area contributed by atoms with E-state index < -0.39 is 0 Å². The summed E-state index contributed by atoms with van der Waals surface area (Å²) in [6.07, 6.45) is 3.53. The molecule has 22 heavy (non-hydrogen) atoms. The van der Waals surface area contributed by atoms with Gasteiger partial charge in [-0.3, -0.25) is 4.79 Å². The largest absolute Gasteiger partial charge is 0.472 e. The van der Waals surface area contributed by atoms with E-state index in [2.05, 4.69) is 25.2 Å². The Morgan fingerprint density at radius 1 is 1.41 bits per heavy atom. The Hall–Kier alpha value is -2.38. The van der Waals surface area contributed by atoms with Crippen molar-refractivity contribution < 1.29 is 14.2 Å². The normalized spacial score (nSPS) is 12.4. The van der Waals surface area contributed by atoms with Gasteiger partial charge in [0, 0.05) is 18.3 Å². The van der Waals surface area contributed by atoms with Gasteiger partial charge in [0.1, 0.15) is 24.2 Å². The molecule has 1 atom stereocenters. The minimum absolute atomic E-state index is 0.0847. The van der Waals surface area contributed by atoms with Crippen LogP contribution in [0, 0.1) is 6.92 Å². The number of amides is 1. The highest BCUT2D eigenvalue weighted by Crippen LogP contribution is 2.17. The highest BCUT2D eigenvalue weighted by atomic mass is 16.6. The molecule has 1 amide bonds. The summed E-state index contributed by atoms with van der Waals surface area (Å²) in [4.78, 5) is 16.5. The Balaban J connectivity index is 1.82. The maximum absolute atomic E-state index is 12.2. The molecule has 0 spiro atoms. The molecular formula is C14H21N5O3. The summed E-state index contributed by atoms with van der Waals surface area (Å²) in [5, 5.41) is 10.0. The minimum atomic E-state index is -0.324. The van der Waals surface area contributed by atoms with Crippen LogP contribution in [-0.2, 0) is 4.79 Å². The molecule has 0 unspecified atom stereocenters. The van der Waals surface area contributed by atoms with Gasteiger partial charge in [-0.15, -0.1) is 0 Å². The first kappa shape index (κ1) is 16.0. The first-order valence-corrected chi connectivity index (χ1v) is 7.23. The van der Waals surface area contributed by atoms with E-state index in [1.54, 1.807) is 13.1 Å². The summed E-state index contributed by atoms with van der Waals surface area (Å²) in [5.74, 6) is 1.41. The van der Waals surface area contributed by atoms with Crippen LogP contribution in [0.15, 0.2) is 17.0 Å². The smallest absolute Gasteiger partial charge is 0.278 e. The van der Waals surface area contributed by atoms with Crippen LogP contribution >= 0.6 is 0 Å². The Labute approximate surface area is 128 Å². The molecule has 1 N–H and O–H groups in total. The van der Waals surface area contributed by atoms with Crippen LogP contribution in [0.5, 0.6) is 5.88 Å². The molecule has 2 rings (SSSR count). The number of hydrogen-bond acceptors (Lipinski definition) is 6. The van der Waals surface area contributed by atoms with Gasteiger partial charge in [0.2, 0.25) is 5.91 Å². The molecule has 8 nitrogen and oxygen atoms in total. The number of carbonyl (C=O) groups excluding carboxylic acids is 1. The van der Waals surface area contributed by atoms with E-state index in [0.29, 0.717) is 24.7 Å². The van der Waals surface area contributed by atoms with E-state index in [9.17, 15) is 4.79 Å². The molecule has 0 saturated heterocycles. The van der Waals surface area contributed by atoms with Crippen molar-refractivity contribution in [3.8, 4) is 5.88 Å². The van der Waals surface area contributed by atoms with Crippen LogP contribution in [0.2, 0.25) is 0 Å². The third kappa shape index (κ3) is 3.63. The van der Waals surface area contributed by atoms with Crippen molar-refractivity contribution in [2.75, 3.05) is 13.2 Å². The summed E-state index contributed by atoms with van der Waals surface area (Å²) >= 11 is 0. The van der Waals surface area contributed by atoms with Gasteiger partial charge in [-0.05, 0) is 19.0 Å². The van der Waals surface area contributed by atoms with Crippen molar-refractivity contribution in [2.45, 2.75) is 39.7 Å². The number of nitrogens with zero attached hydrogens (tertiary/aromatic N) is 4. The van der Waals surface area contributed by atoms with Gasteiger partial charge in [-0.25, -0.2) is 9.61 Å². The van der Waals surface area contributed by atoms with Crippen molar-refractivity contribution in [2.24, 2.45) is 0 Å². The number of rotatable bonds is 7. The van der Waals surface area contributed by atoms with E-state index in [-0.39, 0.29) is 17.9 Å². The van der Waals surface area contributed by atoms with Gasteiger partial charge in [-0.1, -0.05) is 19.0 Å². The highest BCUT2D eigenvalue weighted by molar-refractivity contribution is 5.79. The fourth-order valence-corrected chi connectivity index (χ4v) is 2.05. The van der Waals surface area contributed by atoms with Gasteiger partial charge in [0.15, 0.2) is 0 Å². The number of hydrogen-bond donors (Lipinski definition) is 1. The van der Waals surface area contributed by atoms with E-state index in [0.717, 1.165) is 5.82 Å². The fraction of sp³-hybridized carbons (Fsp3) is 0.571. The Morgan fingerprint density at radius 3 is 2.82 bits per heavy atom. The molecule has 0 saturated carbocycles. The highest BCUT2D eigenvalue weighted by Gasteiger charge is 2.18. The maximum Gasteiger partial charge on any atom is 0.278 e. The molecule has 0 aliphatic carbocycles. The average molecular weight is 307 g/mol. The number of ether oxygens (including phenoxy) is 1. The molecule has 8 heteroatoms. The predicted molar refractivity (Wildman–Crippen MR) is 78.6 cm³/mol. The fourth-order valence-electron chi connectivity index (χ4n) is 2.05. The maximum atomic E-state index is 12.2. The minimum Gasteiger partial charge on any atom is -0.472 e. The van der Waals surface area contributed by atoms with Crippen molar-refractivity contribution >= 4 is 5.91 Å². The van der Waals surface area contributed by atoms with E-state index in [1.807, 2.05) is 31.5 Å². The molecule has 0 aliphatic heterocycles. The van der Waals surface area contributed by atoms with Gasteiger partial charge >= 0.3 is 0 Å². The molecule has 2 aromatic rings. The number of aromatic nitrogens is 4. The van der Waals surface area contributed by atoms with Gasteiger partial charge in [-0.2, -0.15) is 0 Å². The molecule has 120 valence electrons. The molecule has 2 aromatic heterocycles. The SMILES string of the molecule is Cc1nonc1OCCNC(=O)[C@@H](C)n1ccnc1C(C)C. The molecule has 0 aromatic carbocycles. The zero-order chi connectivity index (χ0) is 16.1. The Morgan fingerprint density at radius 2 is 2.18 bits per heavy atom. The summed E-state index contributed by atoms with van der Waals surface area (Å²) in [5.41, 5.74) is 0.583. The first-order valence-electron chi connectivity index (χ1n) is 7.23. The van der Waals surface area contributed by atoms with Crippen molar-refractivity contribution in [1.29, 1.82) is 0 Å². The summed E-state index contributed by atoms with van der Waals surface area (Å²) in [6, 6.07) is -0.324. The number of nitrogens with one attached hydrogen (secondary N) is 1. The van der Waals surface area contributed by atoms with E-state index in [4.69, 9.17) is 4.74 Å². The zero-order valence-corrected chi connectivity index (χ0v) is 13.2. The van der Waals surface area contributed by atoms with Crippen LogP contribution in [0.4, 0.5) is 0 Å². The zero-order valence-electron chi connectivity index (χ0n) is 13.2. The Bertz CT molecular complexity index is 620. The third-order valence-electron chi connectivity index (χ3n) is 3.26. The van der Waals surface area contributed by atoms with Crippen molar-refractivity contribution in [3.05, 3.63) is 23.9 Å². The van der Waals surface area contributed by atoms with Gasteiger partial charge in [0.05, 0.1) is 6.54 Å². The Kier molecular flexibility index (Phi) is 5.13. The van der Waals surface area contributed by atoms with Crippen LogP contribution in [-0.4, -0.2) is 38.9 Å². The monoisotopic (exact) mass is 307 g/mol. The lowest BCUT2D eigenvalue weighted by atomic mass is 10.2. The number of imidazole rings is 1. The molecular weight excluding hydrogens is 286 g/mol. The first-order chi connectivity index (χ1) is 10.5. The van der Waals surface area contributed by atoms with Crippen LogP contribution in [0.25, 0.3) is 0 Å². The number of carbonyl (C=O) groups is 1. The standard InChI is InChI=1S/C14H21N5O3/c1-9(2)12-15-5-7-19(12)11(4)13(20)16-6-8-21-14-10(3)17-22-18-14/h5,7,9,11H,6,8H2,1-4H3,(H,16,20)/t11-/m1/s1. The molecule has 0 aliphatic rings. The molecule has 2 heterocycles. The van der Waals surface area contributed by atoms with Crippen molar-refractivity contribution in [3.63, 3.8) is 0 Å². The second-order valence-corrected chi connectivity index (χ2v) is 5.32. The molecule has 0 bridgehead atoms.